The smallest absolute Gasteiger partial charge is 0.197 e. The van der Waals surface area contributed by atoms with Gasteiger partial charge in [0.1, 0.15) is 11.6 Å². The molecule has 1 aromatic heterocycles. The minimum atomic E-state index is -0.785. The van der Waals surface area contributed by atoms with Crippen LogP contribution in [0.4, 0.5) is 8.78 Å². The first-order valence-corrected chi connectivity index (χ1v) is 8.34. The lowest BCUT2D eigenvalue weighted by molar-refractivity contribution is 0.0931. The highest BCUT2D eigenvalue weighted by Crippen LogP contribution is 2.22. The molecule has 0 unspecified atom stereocenters. The number of piperidine rings is 1. The van der Waals surface area contributed by atoms with E-state index in [1.54, 1.807) is 0 Å². The van der Waals surface area contributed by atoms with Gasteiger partial charge < -0.3 is 9.88 Å². The Morgan fingerprint density at radius 1 is 1.20 bits per heavy atom. The maximum atomic E-state index is 13.7. The number of carbonyl (C=O) groups is 2. The molecule has 4 nitrogen and oxygen atoms in total. The summed E-state index contributed by atoms with van der Waals surface area (Å²) in [4.78, 5) is 29.8. The van der Waals surface area contributed by atoms with Gasteiger partial charge in [0.05, 0.1) is 11.3 Å². The maximum absolute atomic E-state index is 13.7. The Morgan fingerprint density at radius 3 is 2.64 bits per heavy atom. The van der Waals surface area contributed by atoms with Crippen LogP contribution in [0.5, 0.6) is 0 Å². The van der Waals surface area contributed by atoms with Gasteiger partial charge in [0, 0.05) is 18.2 Å². The number of hydrogen-bond acceptors (Lipinski definition) is 3. The van der Waals surface area contributed by atoms with E-state index in [0.29, 0.717) is 18.0 Å². The van der Waals surface area contributed by atoms with E-state index in [0.717, 1.165) is 44.1 Å². The molecule has 0 bridgehead atoms. The van der Waals surface area contributed by atoms with Crippen LogP contribution in [-0.2, 0) is 0 Å². The van der Waals surface area contributed by atoms with Crippen LogP contribution >= 0.6 is 0 Å². The van der Waals surface area contributed by atoms with Crippen LogP contribution in [-0.4, -0.2) is 41.6 Å². The van der Waals surface area contributed by atoms with E-state index < -0.39 is 17.4 Å². The van der Waals surface area contributed by atoms with Crippen LogP contribution in [0.25, 0.3) is 0 Å². The molecule has 0 amide bonds. The number of aromatic amines is 1. The lowest BCUT2D eigenvalue weighted by atomic mass is 9.91. The van der Waals surface area contributed by atoms with Gasteiger partial charge in [-0.05, 0) is 63.2 Å². The number of hydrogen-bond donors (Lipinski definition) is 1. The van der Waals surface area contributed by atoms with Gasteiger partial charge in [-0.1, -0.05) is 0 Å². The third kappa shape index (κ3) is 4.02. The predicted octanol–water partition coefficient (Wildman–Crippen LogP) is 3.44. The van der Waals surface area contributed by atoms with Gasteiger partial charge >= 0.3 is 0 Å². The van der Waals surface area contributed by atoms with Crippen molar-refractivity contribution in [2.75, 3.05) is 20.1 Å². The van der Waals surface area contributed by atoms with Gasteiger partial charge in [-0.15, -0.1) is 0 Å². The van der Waals surface area contributed by atoms with Crippen LogP contribution in [0, 0.1) is 17.6 Å². The molecule has 6 heteroatoms. The second kappa shape index (κ2) is 7.27. The number of nitrogens with zero attached hydrogens (tertiary/aromatic N) is 1. The summed E-state index contributed by atoms with van der Waals surface area (Å²) in [5.74, 6) is -1.84. The van der Waals surface area contributed by atoms with Crippen molar-refractivity contribution in [3.8, 4) is 0 Å². The van der Waals surface area contributed by atoms with Gasteiger partial charge in [-0.25, -0.2) is 8.78 Å². The lowest BCUT2D eigenvalue weighted by Crippen LogP contribution is -2.31. The Kier molecular flexibility index (Phi) is 5.08. The normalized spacial score (nSPS) is 16.1. The zero-order valence-corrected chi connectivity index (χ0v) is 14.0. The highest BCUT2D eigenvalue weighted by molar-refractivity contribution is 6.10. The quantitative estimate of drug-likeness (QED) is 0.844. The molecular formula is C19H20F2N2O2. The largest absolute Gasteiger partial charge is 0.358 e. The Balaban J connectivity index is 1.70. The van der Waals surface area contributed by atoms with Crippen LogP contribution in [0.3, 0.4) is 0 Å². The van der Waals surface area contributed by atoms with Crippen LogP contribution in [0.2, 0.25) is 0 Å². The number of carbonyl (C=O) groups excluding carboxylic acids is 2. The van der Waals surface area contributed by atoms with Crippen molar-refractivity contribution in [3.05, 3.63) is 58.9 Å². The molecule has 1 aromatic carbocycles. The Bertz CT molecular complexity index is 792. The topological polar surface area (TPSA) is 53.2 Å². The van der Waals surface area contributed by atoms with Crippen molar-refractivity contribution >= 4 is 11.6 Å². The van der Waals surface area contributed by atoms with Crippen molar-refractivity contribution in [1.82, 2.24) is 9.88 Å². The van der Waals surface area contributed by atoms with E-state index in [-0.39, 0.29) is 16.9 Å². The molecule has 1 aliphatic rings. The molecule has 0 atom stereocenters. The zero-order valence-electron chi connectivity index (χ0n) is 14.0. The number of Topliss-reactive ketones (excluding diaryl/α,β-unsaturated/α-hetero) is 1. The summed E-state index contributed by atoms with van der Waals surface area (Å²) < 4.78 is 27.0. The molecule has 2 heterocycles. The number of aromatic nitrogens is 1. The molecule has 2 aromatic rings. The van der Waals surface area contributed by atoms with Gasteiger partial charge in [0.25, 0.3) is 0 Å². The summed E-state index contributed by atoms with van der Waals surface area (Å²) >= 11 is 0. The highest BCUT2D eigenvalue weighted by Gasteiger charge is 2.22. The van der Waals surface area contributed by atoms with Crippen molar-refractivity contribution in [2.45, 2.75) is 19.3 Å². The third-order valence-electron chi connectivity index (χ3n) is 4.73. The second-order valence-electron chi connectivity index (χ2n) is 6.63. The molecule has 0 saturated carbocycles. The fourth-order valence-electron chi connectivity index (χ4n) is 3.15. The second-order valence-corrected chi connectivity index (χ2v) is 6.63. The number of benzene rings is 1. The summed E-state index contributed by atoms with van der Waals surface area (Å²) in [5, 5.41) is 0. The first-order chi connectivity index (χ1) is 11.9. The maximum Gasteiger partial charge on any atom is 0.197 e. The molecule has 0 spiro atoms. The predicted molar refractivity (Wildman–Crippen MR) is 89.8 cm³/mol. The minimum Gasteiger partial charge on any atom is -0.358 e. The molecular weight excluding hydrogens is 326 g/mol. The van der Waals surface area contributed by atoms with E-state index in [4.69, 9.17) is 0 Å². The van der Waals surface area contributed by atoms with E-state index >= 15 is 0 Å². The zero-order chi connectivity index (χ0) is 18.0. The van der Waals surface area contributed by atoms with Crippen molar-refractivity contribution in [2.24, 2.45) is 5.92 Å². The highest BCUT2D eigenvalue weighted by atomic mass is 19.1. The average Bonchev–Trinajstić information content (AvgIpc) is 3.08. The number of ketones is 2. The lowest BCUT2D eigenvalue weighted by Gasteiger charge is -2.28. The van der Waals surface area contributed by atoms with Crippen molar-refractivity contribution in [3.63, 3.8) is 0 Å². The summed E-state index contributed by atoms with van der Waals surface area (Å²) in [6.45, 7) is 1.95. The van der Waals surface area contributed by atoms with E-state index in [1.165, 1.54) is 12.3 Å². The Morgan fingerprint density at radius 2 is 1.92 bits per heavy atom. The molecule has 0 aliphatic carbocycles. The van der Waals surface area contributed by atoms with Gasteiger partial charge in [-0.3, -0.25) is 9.59 Å². The average molecular weight is 346 g/mol. The molecule has 1 N–H and O–H groups in total. The summed E-state index contributed by atoms with van der Waals surface area (Å²) in [7, 11) is 2.06. The first kappa shape index (κ1) is 17.5. The van der Waals surface area contributed by atoms with E-state index in [1.807, 2.05) is 0 Å². The number of nitrogens with one attached hydrogen (secondary N) is 1. The number of likely N-dealkylation sites (tertiary alicyclic amines) is 1. The van der Waals surface area contributed by atoms with Gasteiger partial charge in [-0.2, -0.15) is 0 Å². The molecule has 1 fully saturated rings. The Labute approximate surface area is 144 Å². The molecule has 1 aliphatic heterocycles. The first-order valence-electron chi connectivity index (χ1n) is 8.34. The van der Waals surface area contributed by atoms with Crippen LogP contribution < -0.4 is 0 Å². The standard InChI is InChI=1S/C19H20F2N2O2/c1-23-6-4-12(5-7-23)8-18(24)17-9-13(11-22-17)19(25)15-10-14(20)2-3-16(15)21/h2-3,9-12,22H,4-8H2,1H3. The fraction of sp³-hybridized carbons (Fsp3) is 0.368. The fourth-order valence-corrected chi connectivity index (χ4v) is 3.15. The molecule has 132 valence electrons. The summed E-state index contributed by atoms with van der Waals surface area (Å²) in [6.07, 6.45) is 3.75. The third-order valence-corrected chi connectivity index (χ3v) is 4.73. The van der Waals surface area contributed by atoms with E-state index in [9.17, 15) is 18.4 Å². The minimum absolute atomic E-state index is 0.0617. The summed E-state index contributed by atoms with van der Waals surface area (Å²) in [6, 6.07) is 4.16. The Hall–Kier alpha value is -2.34. The summed E-state index contributed by atoms with van der Waals surface area (Å²) in [5.41, 5.74) is 0.142. The van der Waals surface area contributed by atoms with Crippen LogP contribution in [0.15, 0.2) is 30.5 Å². The van der Waals surface area contributed by atoms with Gasteiger partial charge in [0.15, 0.2) is 11.6 Å². The molecule has 1 saturated heterocycles. The SMILES string of the molecule is CN1CCC(CC(=O)c2cc(C(=O)c3cc(F)ccc3F)c[nH]2)CC1. The monoisotopic (exact) mass is 346 g/mol. The number of rotatable bonds is 5. The van der Waals surface area contributed by atoms with E-state index in [2.05, 4.69) is 16.9 Å². The van der Waals surface area contributed by atoms with Crippen molar-refractivity contribution in [1.29, 1.82) is 0 Å². The number of H-pyrrole nitrogens is 1. The molecule has 0 radical (unpaired) electrons. The number of halogens is 2. The van der Waals surface area contributed by atoms with Crippen molar-refractivity contribution < 1.29 is 18.4 Å². The molecule has 25 heavy (non-hydrogen) atoms. The molecule has 3 rings (SSSR count). The van der Waals surface area contributed by atoms with Crippen LogP contribution in [0.1, 0.15) is 45.7 Å². The van der Waals surface area contributed by atoms with Gasteiger partial charge in [0.2, 0.25) is 0 Å².